The monoisotopic (exact) mass is 407 g/mol. The lowest BCUT2D eigenvalue weighted by molar-refractivity contribution is -0.151. The van der Waals surface area contributed by atoms with E-state index in [1.165, 1.54) is 24.1 Å². The van der Waals surface area contributed by atoms with Crippen molar-refractivity contribution in [2.45, 2.75) is 18.6 Å². The number of methoxy groups -OCH3 is 1. The Hall–Kier alpha value is -2.80. The topological polar surface area (TPSA) is 65.1 Å². The van der Waals surface area contributed by atoms with E-state index in [1.807, 2.05) is 0 Å². The summed E-state index contributed by atoms with van der Waals surface area (Å²) in [7, 11) is 1.25. The molecule has 3 rings (SSSR count). The van der Waals surface area contributed by atoms with Gasteiger partial charge in [-0.2, -0.15) is 0 Å². The third-order valence-corrected chi connectivity index (χ3v) is 4.61. The summed E-state index contributed by atoms with van der Waals surface area (Å²) in [5.74, 6) is -0.911. The molecule has 1 heterocycles. The van der Waals surface area contributed by atoms with Crippen LogP contribution in [0.1, 0.15) is 6.42 Å². The molecule has 2 atom stereocenters. The van der Waals surface area contributed by atoms with Crippen molar-refractivity contribution in [3.05, 3.63) is 59.4 Å². The van der Waals surface area contributed by atoms with Gasteiger partial charge >= 0.3 is 5.97 Å². The van der Waals surface area contributed by atoms with Crippen LogP contribution in [0.25, 0.3) is 0 Å². The first-order valence-electron chi connectivity index (χ1n) is 8.64. The minimum atomic E-state index is -0.817. The fourth-order valence-corrected chi connectivity index (χ4v) is 3.12. The Morgan fingerprint density at radius 2 is 1.89 bits per heavy atom. The third kappa shape index (κ3) is 4.72. The van der Waals surface area contributed by atoms with Crippen LogP contribution in [-0.4, -0.2) is 49.2 Å². The molecule has 1 saturated heterocycles. The van der Waals surface area contributed by atoms with Crippen LogP contribution in [0, 0.1) is 5.82 Å². The van der Waals surface area contributed by atoms with Crippen molar-refractivity contribution in [2.24, 2.45) is 0 Å². The summed E-state index contributed by atoms with van der Waals surface area (Å²) in [6.07, 6.45) is -0.339. The number of hydrogen-bond acceptors (Lipinski definition) is 5. The van der Waals surface area contributed by atoms with Gasteiger partial charge in [0.15, 0.2) is 18.2 Å². The molecule has 0 saturated carbocycles. The number of ether oxygens (including phenoxy) is 3. The first kappa shape index (κ1) is 19.9. The fourth-order valence-electron chi connectivity index (χ4n) is 3.00. The second-order valence-electron chi connectivity index (χ2n) is 6.23. The van der Waals surface area contributed by atoms with Gasteiger partial charge < -0.3 is 19.1 Å². The average molecular weight is 408 g/mol. The quantitative estimate of drug-likeness (QED) is 0.688. The summed E-state index contributed by atoms with van der Waals surface area (Å²) in [4.78, 5) is 26.1. The van der Waals surface area contributed by atoms with Gasteiger partial charge in [0.05, 0.1) is 13.7 Å². The van der Waals surface area contributed by atoms with Crippen LogP contribution in [0.3, 0.4) is 0 Å². The largest absolute Gasteiger partial charge is 0.485 e. The molecule has 0 spiro atoms. The normalized spacial score (nSPS) is 18.6. The van der Waals surface area contributed by atoms with Crippen molar-refractivity contribution in [3.63, 3.8) is 0 Å². The van der Waals surface area contributed by atoms with E-state index >= 15 is 0 Å². The number of benzene rings is 2. The number of rotatable bonds is 6. The van der Waals surface area contributed by atoms with E-state index in [0.717, 1.165) is 0 Å². The number of esters is 1. The first-order valence-corrected chi connectivity index (χ1v) is 9.02. The Morgan fingerprint density at radius 3 is 2.57 bits per heavy atom. The van der Waals surface area contributed by atoms with E-state index in [2.05, 4.69) is 0 Å². The number of hydrogen-bond donors (Lipinski definition) is 0. The summed E-state index contributed by atoms with van der Waals surface area (Å²) >= 11 is 5.82. The summed E-state index contributed by atoms with van der Waals surface area (Å²) < 4.78 is 29.7. The van der Waals surface area contributed by atoms with E-state index in [4.69, 9.17) is 25.8 Å². The third-order valence-electron chi connectivity index (χ3n) is 4.36. The van der Waals surface area contributed by atoms with Gasteiger partial charge in [-0.25, -0.2) is 9.18 Å². The van der Waals surface area contributed by atoms with Gasteiger partial charge in [-0.15, -0.1) is 0 Å². The molecule has 2 aromatic rings. The Labute approximate surface area is 166 Å². The molecule has 6 nitrogen and oxygen atoms in total. The number of carbonyl (C=O) groups excluding carboxylic acids is 2. The lowest BCUT2D eigenvalue weighted by Gasteiger charge is -2.22. The minimum Gasteiger partial charge on any atom is -0.485 e. The highest BCUT2D eigenvalue weighted by Crippen LogP contribution is 2.26. The standard InChI is InChI=1S/C20H19ClFNO5/c1-26-20(25)17-10-15(28-18-5-3-2-4-16(18)22)11-23(17)19(24)12-27-14-8-6-13(21)7-9-14/h2-9,15,17H,10-12H2,1H3/t15-,17+/m1/s1. The van der Waals surface area contributed by atoms with Gasteiger partial charge in [-0.1, -0.05) is 23.7 Å². The molecule has 0 unspecified atom stereocenters. The Bertz CT molecular complexity index is 845. The maximum atomic E-state index is 13.8. The van der Waals surface area contributed by atoms with E-state index in [0.29, 0.717) is 10.8 Å². The molecule has 0 N–H and O–H groups in total. The summed E-state index contributed by atoms with van der Waals surface area (Å²) in [5, 5.41) is 0.553. The van der Waals surface area contributed by atoms with Crippen LogP contribution >= 0.6 is 11.6 Å². The van der Waals surface area contributed by atoms with E-state index in [9.17, 15) is 14.0 Å². The van der Waals surface area contributed by atoms with Gasteiger partial charge in [-0.3, -0.25) is 4.79 Å². The smallest absolute Gasteiger partial charge is 0.328 e. The number of amides is 1. The lowest BCUT2D eigenvalue weighted by Crippen LogP contribution is -2.43. The minimum absolute atomic E-state index is 0.0721. The number of halogens is 2. The molecular formula is C20H19ClFNO5. The van der Waals surface area contributed by atoms with Crippen LogP contribution in [-0.2, 0) is 14.3 Å². The lowest BCUT2D eigenvalue weighted by atomic mass is 10.2. The fraction of sp³-hybridized carbons (Fsp3) is 0.300. The van der Waals surface area contributed by atoms with Crippen molar-refractivity contribution in [1.29, 1.82) is 0 Å². The number of para-hydroxylation sites is 1. The first-order chi connectivity index (χ1) is 13.5. The van der Waals surface area contributed by atoms with Crippen molar-refractivity contribution in [1.82, 2.24) is 4.90 Å². The van der Waals surface area contributed by atoms with Crippen molar-refractivity contribution >= 4 is 23.5 Å². The van der Waals surface area contributed by atoms with Crippen molar-refractivity contribution < 1.29 is 28.2 Å². The molecule has 8 heteroatoms. The van der Waals surface area contributed by atoms with Gasteiger partial charge in [0.2, 0.25) is 0 Å². The van der Waals surface area contributed by atoms with E-state index in [-0.39, 0.29) is 25.3 Å². The van der Waals surface area contributed by atoms with Crippen molar-refractivity contribution in [3.8, 4) is 11.5 Å². The van der Waals surface area contributed by atoms with Crippen LogP contribution in [0.4, 0.5) is 4.39 Å². The number of likely N-dealkylation sites (tertiary alicyclic amines) is 1. The zero-order valence-electron chi connectivity index (χ0n) is 15.1. The molecule has 28 heavy (non-hydrogen) atoms. The molecular weight excluding hydrogens is 389 g/mol. The molecule has 148 valence electrons. The predicted octanol–water partition coefficient (Wildman–Crippen LogP) is 3.08. The second-order valence-corrected chi connectivity index (χ2v) is 6.67. The average Bonchev–Trinajstić information content (AvgIpc) is 3.12. The number of carbonyl (C=O) groups is 2. The highest BCUT2D eigenvalue weighted by Gasteiger charge is 2.41. The van der Waals surface area contributed by atoms with Crippen LogP contribution in [0.2, 0.25) is 5.02 Å². The molecule has 1 fully saturated rings. The van der Waals surface area contributed by atoms with Gasteiger partial charge in [0.1, 0.15) is 17.9 Å². The zero-order chi connectivity index (χ0) is 20.1. The Balaban J connectivity index is 1.66. The molecule has 1 aliphatic heterocycles. The summed E-state index contributed by atoms with van der Waals surface area (Å²) in [6, 6.07) is 11.7. The van der Waals surface area contributed by atoms with Gasteiger partial charge in [0, 0.05) is 11.4 Å². The van der Waals surface area contributed by atoms with Crippen LogP contribution in [0.5, 0.6) is 11.5 Å². The highest BCUT2D eigenvalue weighted by atomic mass is 35.5. The van der Waals surface area contributed by atoms with Crippen molar-refractivity contribution in [2.75, 3.05) is 20.3 Å². The Kier molecular flexibility index (Phi) is 6.36. The van der Waals surface area contributed by atoms with E-state index in [1.54, 1.807) is 36.4 Å². The van der Waals surface area contributed by atoms with E-state index < -0.39 is 29.8 Å². The summed E-state index contributed by atoms with van der Waals surface area (Å²) in [5.41, 5.74) is 0. The highest BCUT2D eigenvalue weighted by molar-refractivity contribution is 6.30. The number of nitrogens with zero attached hydrogens (tertiary/aromatic N) is 1. The predicted molar refractivity (Wildman–Crippen MR) is 99.9 cm³/mol. The van der Waals surface area contributed by atoms with Crippen LogP contribution in [0.15, 0.2) is 48.5 Å². The molecule has 0 radical (unpaired) electrons. The molecule has 0 bridgehead atoms. The molecule has 0 aromatic heterocycles. The SMILES string of the molecule is COC(=O)[C@@H]1C[C@@H](Oc2ccccc2F)CN1C(=O)COc1ccc(Cl)cc1. The molecule has 2 aromatic carbocycles. The maximum Gasteiger partial charge on any atom is 0.328 e. The van der Waals surface area contributed by atoms with Gasteiger partial charge in [0.25, 0.3) is 5.91 Å². The maximum absolute atomic E-state index is 13.8. The molecule has 1 amide bonds. The second kappa shape index (κ2) is 8.93. The Morgan fingerprint density at radius 1 is 1.18 bits per heavy atom. The molecule has 1 aliphatic rings. The van der Waals surface area contributed by atoms with Crippen LogP contribution < -0.4 is 9.47 Å². The zero-order valence-corrected chi connectivity index (χ0v) is 15.9. The van der Waals surface area contributed by atoms with Gasteiger partial charge in [-0.05, 0) is 36.4 Å². The molecule has 0 aliphatic carbocycles. The summed E-state index contributed by atoms with van der Waals surface area (Å²) in [6.45, 7) is -0.140.